The lowest BCUT2D eigenvalue weighted by molar-refractivity contribution is -0.120. The van der Waals surface area contributed by atoms with Gasteiger partial charge in [-0.1, -0.05) is 0 Å². The van der Waals surface area contributed by atoms with Crippen molar-refractivity contribution < 1.29 is 13.2 Å². The summed E-state index contributed by atoms with van der Waals surface area (Å²) in [6.45, 7) is 0.142. The average molecular weight is 257 g/mol. The van der Waals surface area contributed by atoms with Gasteiger partial charge in [0.1, 0.15) is 0 Å². The van der Waals surface area contributed by atoms with Crippen LogP contribution >= 0.6 is 11.6 Å². The molecule has 0 bridgehead atoms. The molecule has 0 fully saturated rings. The highest BCUT2D eigenvalue weighted by Crippen LogP contribution is 1.96. The maximum Gasteiger partial charge on any atom is 0.221 e. The van der Waals surface area contributed by atoms with Crippen LogP contribution in [0.1, 0.15) is 19.3 Å². The number of carbonyl (C=O) groups excluding carboxylic acids is 1. The summed E-state index contributed by atoms with van der Waals surface area (Å²) in [5.41, 5.74) is 0. The lowest BCUT2D eigenvalue weighted by atomic mass is 10.4. The normalized spacial score (nSPS) is 11.3. The third-order valence-electron chi connectivity index (χ3n) is 1.75. The van der Waals surface area contributed by atoms with Gasteiger partial charge in [-0.25, -0.2) is 13.1 Å². The zero-order valence-corrected chi connectivity index (χ0v) is 10.3. The maximum absolute atomic E-state index is 11.3. The second-order valence-electron chi connectivity index (χ2n) is 3.03. The molecule has 0 unspecified atom stereocenters. The predicted octanol–water partition coefficient (Wildman–Crippen LogP) is 0.0609. The fourth-order valence-corrected chi connectivity index (χ4v) is 2.23. The van der Waals surface area contributed by atoms with E-state index in [0.29, 0.717) is 18.7 Å². The lowest BCUT2D eigenvalue weighted by Gasteiger charge is -2.05. The van der Waals surface area contributed by atoms with Crippen LogP contribution in [0.5, 0.6) is 0 Å². The van der Waals surface area contributed by atoms with Gasteiger partial charge < -0.3 is 5.32 Å². The van der Waals surface area contributed by atoms with Gasteiger partial charge in [0.15, 0.2) is 0 Å². The first kappa shape index (κ1) is 14.7. The number of amides is 1. The second kappa shape index (κ2) is 7.90. The van der Waals surface area contributed by atoms with Crippen molar-refractivity contribution in [3.8, 4) is 0 Å². The first-order valence-electron chi connectivity index (χ1n) is 4.75. The van der Waals surface area contributed by atoms with E-state index in [0.717, 1.165) is 0 Å². The van der Waals surface area contributed by atoms with Crippen LogP contribution in [0.15, 0.2) is 0 Å². The van der Waals surface area contributed by atoms with Gasteiger partial charge in [0.05, 0.1) is 5.75 Å². The zero-order chi connectivity index (χ0) is 11.7. The molecule has 0 aliphatic carbocycles. The summed E-state index contributed by atoms with van der Waals surface area (Å²) in [4.78, 5) is 10.8. The van der Waals surface area contributed by atoms with E-state index >= 15 is 0 Å². The molecule has 2 N–H and O–H groups in total. The topological polar surface area (TPSA) is 75.3 Å². The highest BCUT2D eigenvalue weighted by atomic mass is 35.5. The molecule has 0 aliphatic rings. The molecule has 90 valence electrons. The van der Waals surface area contributed by atoms with E-state index in [1.165, 1.54) is 7.05 Å². The largest absolute Gasteiger partial charge is 0.359 e. The van der Waals surface area contributed by atoms with E-state index in [9.17, 15) is 13.2 Å². The summed E-state index contributed by atoms with van der Waals surface area (Å²) in [7, 11) is -1.74. The van der Waals surface area contributed by atoms with Gasteiger partial charge in [0, 0.05) is 25.9 Å². The molecule has 0 aliphatic heterocycles. The lowest BCUT2D eigenvalue weighted by Crippen LogP contribution is -2.30. The van der Waals surface area contributed by atoms with Crippen LogP contribution in [-0.4, -0.2) is 39.6 Å². The van der Waals surface area contributed by atoms with Gasteiger partial charge in [-0.05, 0) is 12.8 Å². The minimum atomic E-state index is -3.25. The van der Waals surface area contributed by atoms with E-state index in [-0.39, 0.29) is 24.6 Å². The van der Waals surface area contributed by atoms with Crippen molar-refractivity contribution >= 4 is 27.5 Å². The smallest absolute Gasteiger partial charge is 0.221 e. The number of hydrogen-bond acceptors (Lipinski definition) is 3. The van der Waals surface area contributed by atoms with Gasteiger partial charge >= 0.3 is 0 Å². The average Bonchev–Trinajstić information content (AvgIpc) is 2.17. The first-order chi connectivity index (χ1) is 7.02. The predicted molar refractivity (Wildman–Crippen MR) is 60.4 cm³/mol. The number of unbranched alkanes of at least 4 members (excludes halogenated alkanes) is 1. The van der Waals surface area contributed by atoms with E-state index < -0.39 is 10.0 Å². The fraction of sp³-hybridized carbons (Fsp3) is 0.875. The summed E-state index contributed by atoms with van der Waals surface area (Å²) >= 11 is 5.43. The van der Waals surface area contributed by atoms with Gasteiger partial charge in [-0.15, -0.1) is 11.6 Å². The van der Waals surface area contributed by atoms with Gasteiger partial charge in [0.2, 0.25) is 15.9 Å². The number of rotatable bonds is 8. The Morgan fingerprint density at radius 2 is 2.00 bits per heavy atom. The van der Waals surface area contributed by atoms with Gasteiger partial charge in [-0.2, -0.15) is 0 Å². The van der Waals surface area contributed by atoms with Crippen molar-refractivity contribution in [3.63, 3.8) is 0 Å². The SMILES string of the molecule is CNC(=O)CCNS(=O)(=O)CCCCCl. The molecule has 1 amide bonds. The van der Waals surface area contributed by atoms with Crippen LogP contribution in [0.4, 0.5) is 0 Å². The minimum absolute atomic E-state index is 0.0630. The highest BCUT2D eigenvalue weighted by molar-refractivity contribution is 7.89. The Balaban J connectivity index is 3.70. The zero-order valence-electron chi connectivity index (χ0n) is 8.75. The molecule has 0 saturated carbocycles. The summed E-state index contributed by atoms with van der Waals surface area (Å²) in [6.07, 6.45) is 1.38. The van der Waals surface area contributed by atoms with E-state index in [1.807, 2.05) is 0 Å². The number of halogens is 1. The van der Waals surface area contributed by atoms with Crippen LogP contribution in [0, 0.1) is 0 Å². The van der Waals surface area contributed by atoms with Crippen molar-refractivity contribution in [1.82, 2.24) is 10.0 Å². The molecule has 0 saturated heterocycles. The summed E-state index contributed by atoms with van der Waals surface area (Å²) < 4.78 is 24.9. The molecule has 0 aromatic heterocycles. The van der Waals surface area contributed by atoms with Crippen molar-refractivity contribution in [2.75, 3.05) is 25.2 Å². The fourth-order valence-electron chi connectivity index (χ4n) is 0.904. The summed E-state index contributed by atoms with van der Waals surface area (Å²) in [5.74, 6) is 0.347. The van der Waals surface area contributed by atoms with Crippen LogP contribution in [0.2, 0.25) is 0 Å². The number of nitrogens with one attached hydrogen (secondary N) is 2. The first-order valence-corrected chi connectivity index (χ1v) is 6.94. The third kappa shape index (κ3) is 8.65. The minimum Gasteiger partial charge on any atom is -0.359 e. The van der Waals surface area contributed by atoms with Crippen LogP contribution in [0.25, 0.3) is 0 Å². The van der Waals surface area contributed by atoms with Crippen LogP contribution in [0.3, 0.4) is 0 Å². The molecule has 0 aromatic carbocycles. The Hall–Kier alpha value is -0.330. The molecule has 0 spiro atoms. The van der Waals surface area contributed by atoms with Crippen LogP contribution < -0.4 is 10.0 Å². The van der Waals surface area contributed by atoms with Crippen molar-refractivity contribution in [2.24, 2.45) is 0 Å². The molecule has 5 nitrogen and oxygen atoms in total. The number of hydrogen-bond donors (Lipinski definition) is 2. The van der Waals surface area contributed by atoms with Crippen molar-refractivity contribution in [1.29, 1.82) is 0 Å². The summed E-state index contributed by atoms with van der Waals surface area (Å²) in [6, 6.07) is 0. The molecule has 0 heterocycles. The Bertz CT molecular complexity index is 280. The third-order valence-corrected chi connectivity index (χ3v) is 3.49. The Morgan fingerprint density at radius 1 is 1.33 bits per heavy atom. The number of sulfonamides is 1. The Kier molecular flexibility index (Phi) is 7.72. The van der Waals surface area contributed by atoms with Gasteiger partial charge in [-0.3, -0.25) is 4.79 Å². The Morgan fingerprint density at radius 3 is 2.53 bits per heavy atom. The monoisotopic (exact) mass is 256 g/mol. The van der Waals surface area contributed by atoms with Gasteiger partial charge in [0.25, 0.3) is 0 Å². The molecule has 0 aromatic rings. The molecule has 0 radical (unpaired) electrons. The number of carbonyl (C=O) groups is 1. The molecule has 0 rings (SSSR count). The van der Waals surface area contributed by atoms with E-state index in [4.69, 9.17) is 11.6 Å². The number of alkyl halides is 1. The molecule has 7 heteroatoms. The Labute approximate surface area is 95.6 Å². The summed E-state index contributed by atoms with van der Waals surface area (Å²) in [5, 5.41) is 2.41. The standard InChI is InChI=1S/C8H17ClN2O3S/c1-10-8(12)4-6-11-15(13,14)7-3-2-5-9/h11H,2-7H2,1H3,(H,10,12). The maximum atomic E-state index is 11.3. The quantitative estimate of drug-likeness (QED) is 0.476. The molecule has 15 heavy (non-hydrogen) atoms. The van der Waals surface area contributed by atoms with Crippen molar-refractivity contribution in [2.45, 2.75) is 19.3 Å². The highest BCUT2D eigenvalue weighted by Gasteiger charge is 2.09. The van der Waals surface area contributed by atoms with E-state index in [1.54, 1.807) is 0 Å². The van der Waals surface area contributed by atoms with E-state index in [2.05, 4.69) is 10.0 Å². The molecular formula is C8H17ClN2O3S. The molecular weight excluding hydrogens is 240 g/mol. The second-order valence-corrected chi connectivity index (χ2v) is 5.34. The van der Waals surface area contributed by atoms with Crippen LogP contribution in [-0.2, 0) is 14.8 Å². The molecule has 0 atom stereocenters. The van der Waals surface area contributed by atoms with Crippen molar-refractivity contribution in [3.05, 3.63) is 0 Å².